The molecular formula is C14H24N2O4. The van der Waals surface area contributed by atoms with Gasteiger partial charge in [-0.25, -0.2) is 0 Å². The molecule has 0 aromatic rings. The summed E-state index contributed by atoms with van der Waals surface area (Å²) in [6.07, 6.45) is 4.18. The first kappa shape index (κ1) is 15.3. The molecule has 6 heteroatoms. The minimum absolute atomic E-state index is 0.111. The Bertz CT molecular complexity index is 349. The third-order valence-electron chi connectivity index (χ3n) is 3.94. The first-order valence-corrected chi connectivity index (χ1v) is 7.36. The van der Waals surface area contributed by atoms with Gasteiger partial charge in [-0.3, -0.25) is 9.59 Å². The van der Waals surface area contributed by atoms with Crippen molar-refractivity contribution in [2.24, 2.45) is 5.41 Å². The lowest BCUT2D eigenvalue weighted by molar-refractivity contribution is -0.137. The highest BCUT2D eigenvalue weighted by Gasteiger charge is 2.56. The fourth-order valence-electron chi connectivity index (χ4n) is 2.45. The van der Waals surface area contributed by atoms with Crippen molar-refractivity contribution in [3.8, 4) is 0 Å². The van der Waals surface area contributed by atoms with E-state index in [-0.39, 0.29) is 17.9 Å². The molecule has 0 aromatic heterocycles. The maximum Gasteiger partial charge on any atom is 0.235 e. The van der Waals surface area contributed by atoms with E-state index in [1.54, 1.807) is 7.11 Å². The van der Waals surface area contributed by atoms with Crippen LogP contribution in [0.4, 0.5) is 0 Å². The highest BCUT2D eigenvalue weighted by Crippen LogP contribution is 2.46. The van der Waals surface area contributed by atoms with Crippen LogP contribution < -0.4 is 10.6 Å². The first-order valence-electron chi connectivity index (χ1n) is 7.36. The predicted molar refractivity (Wildman–Crippen MR) is 73.2 cm³/mol. The smallest absolute Gasteiger partial charge is 0.235 e. The standard InChI is InChI=1S/C14H24N2O4/c1-19-8-3-7-15-12(17)14(5-6-14)13(18)16-10-11-4-2-9-20-11/h11H,2-10H2,1H3,(H,15,17)(H,16,18). The van der Waals surface area contributed by atoms with E-state index in [1.165, 1.54) is 0 Å². The lowest BCUT2D eigenvalue weighted by atomic mass is 10.0. The molecule has 0 aromatic carbocycles. The van der Waals surface area contributed by atoms with Crippen LogP contribution in [0.2, 0.25) is 0 Å². The van der Waals surface area contributed by atoms with Gasteiger partial charge in [0.25, 0.3) is 0 Å². The molecule has 2 rings (SSSR count). The summed E-state index contributed by atoms with van der Waals surface area (Å²) < 4.78 is 10.4. The normalized spacial score (nSPS) is 23.4. The van der Waals surface area contributed by atoms with E-state index >= 15 is 0 Å². The molecule has 2 aliphatic rings. The van der Waals surface area contributed by atoms with Crippen LogP contribution in [-0.4, -0.2) is 51.3 Å². The van der Waals surface area contributed by atoms with Crippen LogP contribution in [-0.2, 0) is 19.1 Å². The number of carbonyl (C=O) groups is 2. The predicted octanol–water partition coefficient (Wildman–Crippen LogP) is 0.215. The average Bonchev–Trinajstić information content (AvgIpc) is 3.11. The van der Waals surface area contributed by atoms with E-state index in [0.29, 0.717) is 32.5 Å². The van der Waals surface area contributed by atoms with E-state index in [0.717, 1.165) is 25.9 Å². The first-order chi connectivity index (χ1) is 9.69. The Morgan fingerprint density at radius 2 is 2.05 bits per heavy atom. The lowest BCUT2D eigenvalue weighted by Gasteiger charge is -2.17. The van der Waals surface area contributed by atoms with E-state index in [9.17, 15) is 9.59 Å². The molecule has 1 saturated carbocycles. The third kappa shape index (κ3) is 3.70. The molecule has 1 aliphatic carbocycles. The molecule has 1 saturated heterocycles. The molecule has 1 unspecified atom stereocenters. The van der Waals surface area contributed by atoms with Crippen molar-refractivity contribution < 1.29 is 19.1 Å². The number of hydrogen-bond acceptors (Lipinski definition) is 4. The highest BCUT2D eigenvalue weighted by atomic mass is 16.5. The summed E-state index contributed by atoms with van der Waals surface area (Å²) in [4.78, 5) is 24.2. The fourth-order valence-corrected chi connectivity index (χ4v) is 2.45. The van der Waals surface area contributed by atoms with Gasteiger partial charge in [0.15, 0.2) is 0 Å². The van der Waals surface area contributed by atoms with Gasteiger partial charge in [0.2, 0.25) is 11.8 Å². The van der Waals surface area contributed by atoms with Crippen molar-refractivity contribution >= 4 is 11.8 Å². The van der Waals surface area contributed by atoms with Gasteiger partial charge in [0.1, 0.15) is 5.41 Å². The van der Waals surface area contributed by atoms with Crippen LogP contribution >= 0.6 is 0 Å². The van der Waals surface area contributed by atoms with Crippen LogP contribution in [0.1, 0.15) is 32.1 Å². The van der Waals surface area contributed by atoms with Gasteiger partial charge in [-0.2, -0.15) is 0 Å². The monoisotopic (exact) mass is 284 g/mol. The SMILES string of the molecule is COCCCNC(=O)C1(C(=O)NCC2CCCO2)CC1. The van der Waals surface area contributed by atoms with Crippen LogP contribution in [0.15, 0.2) is 0 Å². The number of carbonyl (C=O) groups excluding carboxylic acids is 2. The van der Waals surface area contributed by atoms with Crippen molar-refractivity contribution in [2.45, 2.75) is 38.2 Å². The molecule has 2 N–H and O–H groups in total. The molecule has 20 heavy (non-hydrogen) atoms. The molecule has 0 spiro atoms. The quantitative estimate of drug-likeness (QED) is 0.493. The molecular weight excluding hydrogens is 260 g/mol. The summed E-state index contributed by atoms with van der Waals surface area (Å²) in [6.45, 7) is 2.44. The molecule has 0 radical (unpaired) electrons. The molecule has 1 atom stereocenters. The molecule has 2 fully saturated rings. The zero-order valence-electron chi connectivity index (χ0n) is 12.1. The topological polar surface area (TPSA) is 76.7 Å². The Kier molecular flexibility index (Phi) is 5.37. The Balaban J connectivity index is 1.71. The van der Waals surface area contributed by atoms with Crippen molar-refractivity contribution in [2.75, 3.05) is 33.4 Å². The number of ether oxygens (including phenoxy) is 2. The summed E-state index contributed by atoms with van der Waals surface area (Å²) in [6, 6.07) is 0. The van der Waals surface area contributed by atoms with Gasteiger partial charge in [-0.1, -0.05) is 0 Å². The second-order valence-electron chi connectivity index (χ2n) is 5.53. The number of nitrogens with one attached hydrogen (secondary N) is 2. The summed E-state index contributed by atoms with van der Waals surface area (Å²) in [7, 11) is 1.63. The summed E-state index contributed by atoms with van der Waals surface area (Å²) in [5.41, 5.74) is -0.828. The van der Waals surface area contributed by atoms with Gasteiger partial charge >= 0.3 is 0 Å². The van der Waals surface area contributed by atoms with E-state index in [4.69, 9.17) is 9.47 Å². The van der Waals surface area contributed by atoms with Crippen molar-refractivity contribution in [3.63, 3.8) is 0 Å². The van der Waals surface area contributed by atoms with Gasteiger partial charge in [-0.15, -0.1) is 0 Å². The van der Waals surface area contributed by atoms with Crippen LogP contribution in [0, 0.1) is 5.41 Å². The Hall–Kier alpha value is -1.14. The molecule has 1 aliphatic heterocycles. The van der Waals surface area contributed by atoms with Gasteiger partial charge in [0.05, 0.1) is 6.10 Å². The number of rotatable bonds is 8. The number of amides is 2. The molecule has 2 amide bonds. The molecule has 114 valence electrons. The summed E-state index contributed by atoms with van der Waals surface area (Å²) >= 11 is 0. The van der Waals surface area contributed by atoms with Crippen molar-refractivity contribution in [1.29, 1.82) is 0 Å². The van der Waals surface area contributed by atoms with Gasteiger partial charge in [0, 0.05) is 33.4 Å². The van der Waals surface area contributed by atoms with Crippen LogP contribution in [0.25, 0.3) is 0 Å². The molecule has 6 nitrogen and oxygen atoms in total. The molecule has 1 heterocycles. The number of methoxy groups -OCH3 is 1. The average molecular weight is 284 g/mol. The minimum atomic E-state index is -0.828. The largest absolute Gasteiger partial charge is 0.385 e. The van der Waals surface area contributed by atoms with Gasteiger partial charge in [-0.05, 0) is 32.1 Å². The van der Waals surface area contributed by atoms with Gasteiger partial charge < -0.3 is 20.1 Å². The fraction of sp³-hybridized carbons (Fsp3) is 0.857. The summed E-state index contributed by atoms with van der Waals surface area (Å²) in [5.74, 6) is -0.310. The van der Waals surface area contributed by atoms with E-state index in [1.807, 2.05) is 0 Å². The second-order valence-corrected chi connectivity index (χ2v) is 5.53. The highest BCUT2D eigenvalue weighted by molar-refractivity contribution is 6.07. The second kappa shape index (κ2) is 7.04. The van der Waals surface area contributed by atoms with Crippen molar-refractivity contribution in [1.82, 2.24) is 10.6 Å². The number of hydrogen-bond donors (Lipinski definition) is 2. The van der Waals surface area contributed by atoms with E-state index in [2.05, 4.69) is 10.6 Å². The Morgan fingerprint density at radius 1 is 1.30 bits per heavy atom. The zero-order valence-corrected chi connectivity index (χ0v) is 12.1. The summed E-state index contributed by atoms with van der Waals surface area (Å²) in [5, 5.41) is 5.68. The third-order valence-corrected chi connectivity index (χ3v) is 3.94. The Morgan fingerprint density at radius 3 is 2.65 bits per heavy atom. The van der Waals surface area contributed by atoms with Crippen molar-refractivity contribution in [3.05, 3.63) is 0 Å². The Labute approximate surface area is 119 Å². The van der Waals surface area contributed by atoms with Crippen LogP contribution in [0.3, 0.4) is 0 Å². The lowest BCUT2D eigenvalue weighted by Crippen LogP contribution is -2.45. The minimum Gasteiger partial charge on any atom is -0.385 e. The zero-order chi connectivity index (χ0) is 14.4. The van der Waals surface area contributed by atoms with E-state index < -0.39 is 5.41 Å². The maximum atomic E-state index is 12.2. The maximum absolute atomic E-state index is 12.2. The molecule has 0 bridgehead atoms. The van der Waals surface area contributed by atoms with Crippen LogP contribution in [0.5, 0.6) is 0 Å².